The molecule has 4 rings (SSSR count). The minimum absolute atomic E-state index is 0.0819. The molecule has 0 saturated heterocycles. The summed E-state index contributed by atoms with van der Waals surface area (Å²) in [7, 11) is 0. The van der Waals surface area contributed by atoms with Crippen molar-refractivity contribution in [3.05, 3.63) is 53.7 Å². The molecule has 4 atom stereocenters. The monoisotopic (exact) mass is 463 g/mol. The van der Waals surface area contributed by atoms with Crippen molar-refractivity contribution in [3.8, 4) is 0 Å². The first-order valence-corrected chi connectivity index (χ1v) is 12.0. The van der Waals surface area contributed by atoms with Crippen molar-refractivity contribution >= 4 is 29.3 Å². The molecule has 1 heterocycles. The number of hydrogen-bond acceptors (Lipinski definition) is 5. The van der Waals surface area contributed by atoms with Crippen LogP contribution in [0, 0.1) is 24.7 Å². The Kier molecular flexibility index (Phi) is 6.73. The van der Waals surface area contributed by atoms with Gasteiger partial charge in [-0.15, -0.1) is 0 Å². The predicted octanol–water partition coefficient (Wildman–Crippen LogP) is 5.46. The number of Topliss-reactive ketones (excluding diaryl/α,β-unsaturated/α-hetero) is 1. The molecular formula is C27H33N3O4. The van der Waals surface area contributed by atoms with E-state index in [0.717, 1.165) is 31.2 Å². The lowest BCUT2D eigenvalue weighted by Crippen LogP contribution is -2.38. The van der Waals surface area contributed by atoms with E-state index in [1.807, 2.05) is 18.2 Å². The largest absolute Gasteiger partial charge is 0.444 e. The number of carbonyl (C=O) groups is 3. The zero-order chi connectivity index (χ0) is 24.5. The molecule has 2 N–H and O–H groups in total. The van der Waals surface area contributed by atoms with E-state index in [9.17, 15) is 14.4 Å². The Morgan fingerprint density at radius 1 is 1.03 bits per heavy atom. The van der Waals surface area contributed by atoms with Gasteiger partial charge in [0.1, 0.15) is 11.4 Å². The van der Waals surface area contributed by atoms with Crippen molar-refractivity contribution < 1.29 is 19.1 Å². The van der Waals surface area contributed by atoms with Crippen LogP contribution in [0.2, 0.25) is 0 Å². The van der Waals surface area contributed by atoms with Crippen molar-refractivity contribution in [3.63, 3.8) is 0 Å². The number of benzene rings is 1. The molecule has 2 bridgehead atoms. The number of ketones is 1. The molecule has 0 aliphatic heterocycles. The van der Waals surface area contributed by atoms with Gasteiger partial charge in [-0.2, -0.15) is 0 Å². The van der Waals surface area contributed by atoms with Gasteiger partial charge in [0.05, 0.1) is 11.9 Å². The maximum atomic E-state index is 13.3. The zero-order valence-corrected chi connectivity index (χ0v) is 20.3. The Hall–Kier alpha value is -3.22. The van der Waals surface area contributed by atoms with Gasteiger partial charge in [0.25, 0.3) is 5.91 Å². The number of nitrogens with zero attached hydrogens (tertiary/aromatic N) is 1. The highest BCUT2D eigenvalue weighted by Gasteiger charge is 2.46. The number of nitrogens with one attached hydrogen (secondary N) is 2. The van der Waals surface area contributed by atoms with Crippen LogP contribution < -0.4 is 10.6 Å². The van der Waals surface area contributed by atoms with Gasteiger partial charge in [-0.25, -0.2) is 9.78 Å². The van der Waals surface area contributed by atoms with E-state index in [-0.39, 0.29) is 17.6 Å². The number of fused-ring (bicyclic) bond motifs is 2. The van der Waals surface area contributed by atoms with Gasteiger partial charge in [0.2, 0.25) is 5.78 Å². The maximum Gasteiger partial charge on any atom is 0.413 e. The summed E-state index contributed by atoms with van der Waals surface area (Å²) >= 11 is 0. The van der Waals surface area contributed by atoms with Crippen LogP contribution in [0.1, 0.15) is 63.5 Å². The van der Waals surface area contributed by atoms with E-state index in [2.05, 4.69) is 27.8 Å². The van der Waals surface area contributed by atoms with Gasteiger partial charge in [-0.3, -0.25) is 14.9 Å². The topological polar surface area (TPSA) is 97.4 Å². The molecule has 0 spiro atoms. The lowest BCUT2D eigenvalue weighted by molar-refractivity contribution is -0.138. The third kappa shape index (κ3) is 5.46. The van der Waals surface area contributed by atoms with Crippen molar-refractivity contribution in [2.45, 2.75) is 64.9 Å². The summed E-state index contributed by atoms with van der Waals surface area (Å²) in [5, 5.41) is 5.34. The molecular weight excluding hydrogens is 430 g/mol. The molecule has 2 amide bonds. The predicted molar refractivity (Wildman–Crippen MR) is 131 cm³/mol. The SMILES string of the molecule is Cc1cc(NC(=O)C(=O)C2C[C@H]3CC[C@H](C3)[C@H]2c2ccccc2)cnc1NC(=O)OC(C)(C)C. The quantitative estimate of drug-likeness (QED) is 0.574. The van der Waals surface area contributed by atoms with Crippen molar-refractivity contribution in [1.29, 1.82) is 0 Å². The van der Waals surface area contributed by atoms with E-state index in [0.29, 0.717) is 28.9 Å². The minimum Gasteiger partial charge on any atom is -0.444 e. The fourth-order valence-electron chi connectivity index (χ4n) is 5.47. The molecule has 180 valence electrons. The number of aryl methyl sites for hydroxylation is 1. The molecule has 1 aromatic carbocycles. The minimum atomic E-state index is -0.623. The van der Waals surface area contributed by atoms with E-state index in [1.54, 1.807) is 33.8 Å². The van der Waals surface area contributed by atoms with E-state index in [4.69, 9.17) is 4.74 Å². The van der Waals surface area contributed by atoms with Gasteiger partial charge in [-0.05, 0) is 81.9 Å². The molecule has 7 heteroatoms. The number of anilines is 2. The van der Waals surface area contributed by atoms with Crippen molar-refractivity contribution in [2.75, 3.05) is 10.6 Å². The molecule has 2 aromatic rings. The lowest BCUT2D eigenvalue weighted by atomic mass is 9.67. The number of amides is 2. The second kappa shape index (κ2) is 9.57. The van der Waals surface area contributed by atoms with E-state index < -0.39 is 17.6 Å². The van der Waals surface area contributed by atoms with Crippen molar-refractivity contribution in [2.24, 2.45) is 17.8 Å². The number of rotatable bonds is 5. The smallest absolute Gasteiger partial charge is 0.413 e. The highest BCUT2D eigenvalue weighted by molar-refractivity contribution is 6.41. The molecule has 2 saturated carbocycles. The van der Waals surface area contributed by atoms with E-state index in [1.165, 1.54) is 6.20 Å². The van der Waals surface area contributed by atoms with Gasteiger partial charge in [0, 0.05) is 5.92 Å². The van der Waals surface area contributed by atoms with Crippen LogP contribution in [0.5, 0.6) is 0 Å². The highest BCUT2D eigenvalue weighted by Crippen LogP contribution is 2.52. The van der Waals surface area contributed by atoms with Crippen LogP contribution in [0.4, 0.5) is 16.3 Å². The second-order valence-electron chi connectivity index (χ2n) is 10.6. The van der Waals surface area contributed by atoms with Gasteiger partial charge in [-0.1, -0.05) is 36.8 Å². The summed E-state index contributed by atoms with van der Waals surface area (Å²) < 4.78 is 5.25. The third-order valence-corrected chi connectivity index (χ3v) is 6.81. The molecule has 2 fully saturated rings. The molecule has 34 heavy (non-hydrogen) atoms. The average Bonchev–Trinajstić information content (AvgIpc) is 3.15. The van der Waals surface area contributed by atoms with Crippen LogP contribution in [0.3, 0.4) is 0 Å². The Bertz CT molecular complexity index is 1080. The summed E-state index contributed by atoms with van der Waals surface area (Å²) in [5.41, 5.74) is 1.59. The molecule has 2 aliphatic rings. The first kappa shape index (κ1) is 23.9. The summed E-state index contributed by atoms with van der Waals surface area (Å²) in [6, 6.07) is 11.8. The Balaban J connectivity index is 1.45. The highest BCUT2D eigenvalue weighted by atomic mass is 16.6. The Labute approximate surface area is 200 Å². The number of hydrogen-bond donors (Lipinski definition) is 2. The number of ether oxygens (including phenoxy) is 1. The average molecular weight is 464 g/mol. The fourth-order valence-corrected chi connectivity index (χ4v) is 5.47. The summed E-state index contributed by atoms with van der Waals surface area (Å²) in [6.45, 7) is 7.11. The first-order chi connectivity index (χ1) is 16.1. The number of carbonyl (C=O) groups excluding carboxylic acids is 3. The summed E-state index contributed by atoms with van der Waals surface area (Å²) in [5.74, 6) is 0.111. The van der Waals surface area contributed by atoms with Crippen LogP contribution in [0.25, 0.3) is 0 Å². The fraction of sp³-hybridized carbons (Fsp3) is 0.481. The molecule has 1 aromatic heterocycles. The van der Waals surface area contributed by atoms with Gasteiger partial charge < -0.3 is 10.1 Å². The zero-order valence-electron chi connectivity index (χ0n) is 20.3. The number of pyridine rings is 1. The Morgan fingerprint density at radius 2 is 1.76 bits per heavy atom. The molecule has 2 aliphatic carbocycles. The summed E-state index contributed by atoms with van der Waals surface area (Å²) in [4.78, 5) is 42.6. The van der Waals surface area contributed by atoms with Crippen LogP contribution in [0.15, 0.2) is 42.6 Å². The summed E-state index contributed by atoms with van der Waals surface area (Å²) in [6.07, 6.45) is 4.98. The van der Waals surface area contributed by atoms with Crippen LogP contribution >= 0.6 is 0 Å². The van der Waals surface area contributed by atoms with E-state index >= 15 is 0 Å². The van der Waals surface area contributed by atoms with Crippen LogP contribution in [-0.2, 0) is 14.3 Å². The third-order valence-electron chi connectivity index (χ3n) is 6.81. The first-order valence-electron chi connectivity index (χ1n) is 12.0. The van der Waals surface area contributed by atoms with Crippen molar-refractivity contribution in [1.82, 2.24) is 4.98 Å². The van der Waals surface area contributed by atoms with Crippen LogP contribution in [-0.4, -0.2) is 28.4 Å². The molecule has 0 radical (unpaired) electrons. The lowest BCUT2D eigenvalue weighted by Gasteiger charge is -2.36. The van der Waals surface area contributed by atoms with Gasteiger partial charge in [0.15, 0.2) is 0 Å². The van der Waals surface area contributed by atoms with Gasteiger partial charge >= 0.3 is 6.09 Å². The molecule has 7 nitrogen and oxygen atoms in total. The normalized spacial score (nSPS) is 23.8. The Morgan fingerprint density at radius 3 is 2.44 bits per heavy atom. The number of aromatic nitrogens is 1. The maximum absolute atomic E-state index is 13.3. The molecule has 1 unspecified atom stereocenters. The standard InChI is InChI=1S/C27H33N3O4/c1-16-12-20(15-28-24(16)30-26(33)34-27(2,3)4)29-25(32)23(31)21-14-17-10-11-19(13-17)22(21)18-8-6-5-7-9-18/h5-9,12,15,17,19,21-22H,10-11,13-14H2,1-4H3,(H,29,32)(H,28,30,33)/t17-,19+,21?,22+/m0/s1. The second-order valence-corrected chi connectivity index (χ2v) is 10.6.